The molecule has 2 aromatic rings. The van der Waals surface area contributed by atoms with Gasteiger partial charge in [0.1, 0.15) is 5.82 Å². The molecule has 1 aliphatic heterocycles. The fourth-order valence-corrected chi connectivity index (χ4v) is 3.28. The molecule has 5 heteroatoms. The second-order valence-corrected chi connectivity index (χ2v) is 6.26. The van der Waals surface area contributed by atoms with Gasteiger partial charge in [0.05, 0.1) is 22.4 Å². The molecule has 0 aliphatic carbocycles. The zero-order chi connectivity index (χ0) is 16.6. The van der Waals surface area contributed by atoms with Crippen LogP contribution in [0, 0.1) is 5.82 Å². The lowest BCUT2D eigenvalue weighted by molar-refractivity contribution is -0.117. The highest BCUT2D eigenvalue weighted by molar-refractivity contribution is 6.30. The third-order valence-electron chi connectivity index (χ3n) is 4.10. The van der Waals surface area contributed by atoms with Crippen LogP contribution >= 0.6 is 11.6 Å². The molecule has 0 bridgehead atoms. The quantitative estimate of drug-likeness (QED) is 0.821. The molecule has 0 saturated carbocycles. The highest BCUT2D eigenvalue weighted by Gasteiger charge is 2.30. The lowest BCUT2D eigenvalue weighted by Gasteiger charge is -2.41. The molecule has 0 fully saturated rings. The summed E-state index contributed by atoms with van der Waals surface area (Å²) in [6.45, 7) is 4.87. The number of benzene rings is 2. The van der Waals surface area contributed by atoms with Crippen molar-refractivity contribution in [3.05, 3.63) is 58.9 Å². The number of anilines is 2. The predicted octanol–water partition coefficient (Wildman–Crippen LogP) is 4.24. The Labute approximate surface area is 140 Å². The minimum atomic E-state index is -0.409. The fourth-order valence-electron chi connectivity index (χ4n) is 3.16. The van der Waals surface area contributed by atoms with Crippen LogP contribution in [0.15, 0.2) is 42.5 Å². The monoisotopic (exact) mass is 332 g/mol. The van der Waals surface area contributed by atoms with Crippen molar-refractivity contribution >= 4 is 28.9 Å². The number of rotatable bonds is 2. The van der Waals surface area contributed by atoms with E-state index < -0.39 is 5.82 Å². The van der Waals surface area contributed by atoms with Crippen molar-refractivity contribution in [2.75, 3.05) is 16.3 Å². The van der Waals surface area contributed by atoms with Gasteiger partial charge in [-0.3, -0.25) is 4.79 Å². The van der Waals surface area contributed by atoms with Gasteiger partial charge in [0.25, 0.3) is 0 Å². The SMILES string of the molecule is CC(=O)N1c2ccccc2N(Cc2ccc(Cl)c(F)c2)CC1C. The normalized spacial score (nSPS) is 17.1. The minimum Gasteiger partial charge on any atom is -0.363 e. The molecule has 23 heavy (non-hydrogen) atoms. The summed E-state index contributed by atoms with van der Waals surface area (Å²) in [4.78, 5) is 15.9. The maximum absolute atomic E-state index is 13.7. The summed E-state index contributed by atoms with van der Waals surface area (Å²) in [6.07, 6.45) is 0. The summed E-state index contributed by atoms with van der Waals surface area (Å²) in [7, 11) is 0. The summed E-state index contributed by atoms with van der Waals surface area (Å²) >= 11 is 5.75. The van der Waals surface area contributed by atoms with Crippen LogP contribution < -0.4 is 9.80 Å². The van der Waals surface area contributed by atoms with Crippen LogP contribution in [0.4, 0.5) is 15.8 Å². The summed E-state index contributed by atoms with van der Waals surface area (Å²) in [6, 6.07) is 12.7. The number of fused-ring (bicyclic) bond motifs is 1. The first-order valence-electron chi connectivity index (χ1n) is 7.55. The molecule has 0 saturated heterocycles. The molecule has 0 spiro atoms. The molecule has 0 aromatic heterocycles. The fraction of sp³-hybridized carbons (Fsp3) is 0.278. The molecular weight excluding hydrogens is 315 g/mol. The zero-order valence-electron chi connectivity index (χ0n) is 13.1. The summed E-state index contributed by atoms with van der Waals surface area (Å²) in [5.74, 6) is -0.380. The van der Waals surface area contributed by atoms with E-state index in [0.717, 1.165) is 16.9 Å². The molecule has 1 atom stereocenters. The average molecular weight is 333 g/mol. The van der Waals surface area contributed by atoms with E-state index in [0.29, 0.717) is 13.1 Å². The lowest BCUT2D eigenvalue weighted by Crippen LogP contribution is -2.49. The number of carbonyl (C=O) groups excluding carboxylic acids is 1. The van der Waals surface area contributed by atoms with Crippen molar-refractivity contribution in [1.29, 1.82) is 0 Å². The summed E-state index contributed by atoms with van der Waals surface area (Å²) in [5.41, 5.74) is 2.73. The van der Waals surface area contributed by atoms with Gasteiger partial charge in [-0.05, 0) is 36.8 Å². The minimum absolute atomic E-state index is 0.0298. The topological polar surface area (TPSA) is 23.6 Å². The van der Waals surface area contributed by atoms with E-state index in [-0.39, 0.29) is 17.0 Å². The van der Waals surface area contributed by atoms with Gasteiger partial charge in [-0.15, -0.1) is 0 Å². The van der Waals surface area contributed by atoms with E-state index >= 15 is 0 Å². The van der Waals surface area contributed by atoms with Gasteiger partial charge < -0.3 is 9.80 Å². The average Bonchev–Trinajstić information content (AvgIpc) is 2.50. The number of halogens is 2. The van der Waals surface area contributed by atoms with Crippen LogP contribution in [0.25, 0.3) is 0 Å². The summed E-state index contributed by atoms with van der Waals surface area (Å²) in [5, 5.41) is 0.129. The van der Waals surface area contributed by atoms with Crippen molar-refractivity contribution < 1.29 is 9.18 Å². The summed E-state index contributed by atoms with van der Waals surface area (Å²) < 4.78 is 13.7. The smallest absolute Gasteiger partial charge is 0.224 e. The van der Waals surface area contributed by atoms with Gasteiger partial charge in [0, 0.05) is 20.0 Å². The second kappa shape index (κ2) is 6.20. The Morgan fingerprint density at radius 3 is 2.61 bits per heavy atom. The standard InChI is InChI=1S/C18H18ClFN2O/c1-12-10-21(11-14-7-8-15(19)16(20)9-14)17-5-3-4-6-18(17)22(12)13(2)23/h3-9,12H,10-11H2,1-2H3. The molecule has 1 aliphatic rings. The first-order chi connectivity index (χ1) is 11.0. The van der Waals surface area contributed by atoms with Crippen molar-refractivity contribution in [2.45, 2.75) is 26.4 Å². The first-order valence-corrected chi connectivity index (χ1v) is 7.93. The Hall–Kier alpha value is -2.07. The van der Waals surface area contributed by atoms with Crippen LogP contribution in [0.5, 0.6) is 0 Å². The Kier molecular flexibility index (Phi) is 4.26. The third kappa shape index (κ3) is 3.04. The molecule has 3 rings (SSSR count). The van der Waals surface area contributed by atoms with Crippen molar-refractivity contribution in [3.8, 4) is 0 Å². The van der Waals surface area contributed by atoms with Crippen molar-refractivity contribution in [1.82, 2.24) is 0 Å². The van der Waals surface area contributed by atoms with E-state index in [4.69, 9.17) is 11.6 Å². The maximum Gasteiger partial charge on any atom is 0.224 e. The third-order valence-corrected chi connectivity index (χ3v) is 4.41. The van der Waals surface area contributed by atoms with E-state index in [2.05, 4.69) is 4.90 Å². The molecular formula is C18H18ClFN2O. The number of hydrogen-bond acceptors (Lipinski definition) is 2. The Morgan fingerprint density at radius 2 is 1.96 bits per heavy atom. The second-order valence-electron chi connectivity index (χ2n) is 5.86. The van der Waals surface area contributed by atoms with E-state index in [1.165, 1.54) is 6.07 Å². The predicted molar refractivity (Wildman–Crippen MR) is 91.5 cm³/mol. The maximum atomic E-state index is 13.7. The molecule has 3 nitrogen and oxygen atoms in total. The molecule has 1 heterocycles. The van der Waals surface area contributed by atoms with E-state index in [9.17, 15) is 9.18 Å². The van der Waals surface area contributed by atoms with Crippen LogP contribution in [0.1, 0.15) is 19.4 Å². The van der Waals surface area contributed by atoms with Crippen LogP contribution in [-0.4, -0.2) is 18.5 Å². The van der Waals surface area contributed by atoms with Crippen molar-refractivity contribution in [2.24, 2.45) is 0 Å². The number of nitrogens with zero attached hydrogens (tertiary/aromatic N) is 2. The van der Waals surface area contributed by atoms with Gasteiger partial charge in [0.15, 0.2) is 0 Å². The highest BCUT2D eigenvalue weighted by Crippen LogP contribution is 2.36. The van der Waals surface area contributed by atoms with Gasteiger partial charge in [-0.25, -0.2) is 4.39 Å². The highest BCUT2D eigenvalue weighted by atomic mass is 35.5. The van der Waals surface area contributed by atoms with Gasteiger partial charge >= 0.3 is 0 Å². The van der Waals surface area contributed by atoms with Crippen LogP contribution in [-0.2, 0) is 11.3 Å². The molecule has 120 valence electrons. The lowest BCUT2D eigenvalue weighted by atomic mass is 10.1. The molecule has 2 aromatic carbocycles. The number of para-hydroxylation sites is 2. The Morgan fingerprint density at radius 1 is 1.26 bits per heavy atom. The van der Waals surface area contributed by atoms with Crippen molar-refractivity contribution in [3.63, 3.8) is 0 Å². The Balaban J connectivity index is 1.95. The molecule has 0 radical (unpaired) electrons. The largest absolute Gasteiger partial charge is 0.363 e. The van der Waals surface area contributed by atoms with E-state index in [1.807, 2.05) is 42.2 Å². The first kappa shape index (κ1) is 15.8. The molecule has 1 amide bonds. The number of carbonyl (C=O) groups is 1. The van der Waals surface area contributed by atoms with E-state index in [1.54, 1.807) is 13.0 Å². The van der Waals surface area contributed by atoms with Gasteiger partial charge in [-0.1, -0.05) is 29.8 Å². The molecule has 1 unspecified atom stereocenters. The van der Waals surface area contributed by atoms with Gasteiger partial charge in [-0.2, -0.15) is 0 Å². The number of amides is 1. The Bertz CT molecular complexity index is 750. The van der Waals surface area contributed by atoms with Crippen LogP contribution in [0.2, 0.25) is 5.02 Å². The van der Waals surface area contributed by atoms with Gasteiger partial charge in [0.2, 0.25) is 5.91 Å². The zero-order valence-corrected chi connectivity index (χ0v) is 13.8. The molecule has 0 N–H and O–H groups in total. The van der Waals surface area contributed by atoms with Crippen LogP contribution in [0.3, 0.4) is 0 Å². The number of hydrogen-bond donors (Lipinski definition) is 0.